The van der Waals surface area contributed by atoms with Gasteiger partial charge in [0, 0.05) is 71.8 Å². The van der Waals surface area contributed by atoms with E-state index in [0.29, 0.717) is 22.8 Å². The lowest BCUT2D eigenvalue weighted by molar-refractivity contribution is 1.28. The summed E-state index contributed by atoms with van der Waals surface area (Å²) in [5, 5.41) is 0. The molecular formula is C40H18Br8N8. The standard InChI is InChI=1S/C40H18Br8N8/c41-25-27(43)35-22(18-3-11-50-12-4-18)37-29(45)31(47)39(55-37)24(20-7-15-52-16-8-20)40-32(48)30(46)38(56-40)23(19-5-13-51-14-6-19)36-28(44)26(42)34(54-36)21(33(25)53-35)17-1-9-49-10-2-17/h1-16,53,56H. The van der Waals surface area contributed by atoms with E-state index in [0.717, 1.165) is 102 Å². The lowest BCUT2D eigenvalue weighted by Crippen LogP contribution is -1.91. The molecule has 0 unspecified atom stereocenters. The molecule has 2 aliphatic heterocycles. The van der Waals surface area contributed by atoms with Gasteiger partial charge in [-0.3, -0.25) is 19.9 Å². The van der Waals surface area contributed by atoms with Crippen LogP contribution in [0.3, 0.4) is 0 Å². The maximum absolute atomic E-state index is 5.48. The number of H-pyrrole nitrogens is 2. The normalized spacial score (nSPS) is 12.9. The van der Waals surface area contributed by atoms with Crippen molar-refractivity contribution in [1.29, 1.82) is 0 Å². The van der Waals surface area contributed by atoms with E-state index in [1.807, 2.05) is 48.5 Å². The molecule has 56 heavy (non-hydrogen) atoms. The highest BCUT2D eigenvalue weighted by Gasteiger charge is 2.30. The Balaban J connectivity index is 1.63. The molecule has 8 bridgehead atoms. The Kier molecular flexibility index (Phi) is 10.8. The molecule has 0 atom stereocenters. The predicted octanol–water partition coefficient (Wildman–Crippen LogP) is 14.8. The molecule has 0 spiro atoms. The molecule has 274 valence electrons. The lowest BCUT2D eigenvalue weighted by Gasteiger charge is -2.07. The van der Waals surface area contributed by atoms with E-state index in [1.165, 1.54) is 0 Å². The quantitative estimate of drug-likeness (QED) is 0.182. The SMILES string of the molecule is BrC1=C(Br)c2nc1c(-c1ccncc1)c1[nH]c(c(Br)c1Br)c(-c1ccncc1)c1nc(c(-c3ccncc3)c3[nH]c(c(Br)c3Br)c2-c2ccncc2)C(Br)=C1Br. The third-order valence-electron chi connectivity index (χ3n) is 9.25. The van der Waals surface area contributed by atoms with Crippen molar-refractivity contribution in [1.82, 2.24) is 39.9 Å². The second-order valence-corrected chi connectivity index (χ2v) is 18.7. The number of nitrogens with zero attached hydrogens (tertiary/aromatic N) is 6. The zero-order valence-corrected chi connectivity index (χ0v) is 40.6. The van der Waals surface area contributed by atoms with Gasteiger partial charge in [0.1, 0.15) is 0 Å². The minimum absolute atomic E-state index is 0.701. The first-order valence-electron chi connectivity index (χ1n) is 16.4. The summed E-state index contributed by atoms with van der Waals surface area (Å²) in [7, 11) is 0. The smallest absolute Gasteiger partial charge is 0.0891 e. The summed E-state index contributed by atoms with van der Waals surface area (Å²) in [6, 6.07) is 15.8. The summed E-state index contributed by atoms with van der Waals surface area (Å²) in [6.07, 6.45) is 14.2. The molecule has 16 heteroatoms. The van der Waals surface area contributed by atoms with Gasteiger partial charge in [0.15, 0.2) is 0 Å². The van der Waals surface area contributed by atoms with Gasteiger partial charge in [-0.2, -0.15) is 0 Å². The van der Waals surface area contributed by atoms with Gasteiger partial charge in [0.2, 0.25) is 0 Å². The van der Waals surface area contributed by atoms with Crippen molar-refractivity contribution in [2.24, 2.45) is 0 Å². The average Bonchev–Trinajstić information content (AvgIpc) is 3.89. The van der Waals surface area contributed by atoms with Crippen molar-refractivity contribution in [3.05, 3.63) is 139 Å². The molecule has 0 aromatic carbocycles. The molecule has 8 nitrogen and oxygen atoms in total. The first kappa shape index (κ1) is 38.6. The van der Waals surface area contributed by atoms with Crippen LogP contribution in [-0.4, -0.2) is 39.9 Å². The van der Waals surface area contributed by atoms with Crippen LogP contribution in [0.5, 0.6) is 0 Å². The van der Waals surface area contributed by atoms with Crippen LogP contribution in [0.1, 0.15) is 22.8 Å². The van der Waals surface area contributed by atoms with Gasteiger partial charge in [0.05, 0.1) is 80.7 Å². The van der Waals surface area contributed by atoms with Crippen molar-refractivity contribution >= 4 is 167 Å². The third-order valence-corrected chi connectivity index (χ3v) is 17.6. The van der Waals surface area contributed by atoms with E-state index in [9.17, 15) is 0 Å². The van der Waals surface area contributed by atoms with E-state index in [2.05, 4.69) is 157 Å². The predicted molar refractivity (Wildman–Crippen MR) is 254 cm³/mol. The number of halogens is 8. The zero-order chi connectivity index (χ0) is 38.8. The number of hydrogen-bond donors (Lipinski definition) is 2. The third kappa shape index (κ3) is 6.42. The molecule has 0 aliphatic carbocycles. The molecule has 0 saturated heterocycles. The molecular weight excluding hydrogens is 1230 g/mol. The van der Waals surface area contributed by atoms with Gasteiger partial charge < -0.3 is 9.97 Å². The van der Waals surface area contributed by atoms with Crippen molar-refractivity contribution in [3.8, 4) is 44.5 Å². The van der Waals surface area contributed by atoms with Crippen LogP contribution in [-0.2, 0) is 0 Å². The number of aromatic amines is 2. The second kappa shape index (κ2) is 15.7. The number of aromatic nitrogens is 8. The molecule has 0 amide bonds. The number of hydrogen-bond acceptors (Lipinski definition) is 6. The maximum Gasteiger partial charge on any atom is 0.0891 e. The maximum atomic E-state index is 5.48. The monoisotopic (exact) mass is 1240 g/mol. The van der Waals surface area contributed by atoms with Gasteiger partial charge in [-0.1, -0.05) is 0 Å². The van der Waals surface area contributed by atoms with E-state index in [4.69, 9.17) is 9.97 Å². The van der Waals surface area contributed by atoms with Crippen molar-refractivity contribution in [3.63, 3.8) is 0 Å². The Hall–Kier alpha value is -2.96. The van der Waals surface area contributed by atoms with Crippen LogP contribution in [0, 0.1) is 0 Å². The topological polar surface area (TPSA) is 109 Å². The summed E-state index contributed by atoms with van der Waals surface area (Å²) < 4.78 is 6.28. The van der Waals surface area contributed by atoms with E-state index >= 15 is 0 Å². The Labute approximate surface area is 386 Å². The van der Waals surface area contributed by atoms with E-state index in [-0.39, 0.29) is 0 Å². The number of pyridine rings is 4. The lowest BCUT2D eigenvalue weighted by atomic mass is 10.0. The average molecular weight is 1250 g/mol. The summed E-state index contributed by atoms with van der Waals surface area (Å²) >= 11 is 31.9. The number of rotatable bonds is 4. The molecule has 0 radical (unpaired) electrons. The fourth-order valence-corrected chi connectivity index (χ4v) is 10.6. The molecule has 7 aromatic heterocycles. The van der Waals surface area contributed by atoms with E-state index in [1.54, 1.807) is 49.6 Å². The van der Waals surface area contributed by atoms with Crippen LogP contribution in [0.4, 0.5) is 0 Å². The minimum Gasteiger partial charge on any atom is -0.352 e. The van der Waals surface area contributed by atoms with Gasteiger partial charge in [-0.15, -0.1) is 0 Å². The molecule has 9 heterocycles. The van der Waals surface area contributed by atoms with Crippen LogP contribution in [0.15, 0.2) is 116 Å². The van der Waals surface area contributed by atoms with Crippen LogP contribution >= 0.6 is 127 Å². The zero-order valence-electron chi connectivity index (χ0n) is 27.9. The summed E-state index contributed by atoms with van der Waals surface area (Å²) in [5.74, 6) is 0. The van der Waals surface area contributed by atoms with Crippen LogP contribution in [0.25, 0.3) is 84.5 Å². The van der Waals surface area contributed by atoms with Crippen LogP contribution in [0.2, 0.25) is 0 Å². The molecule has 9 rings (SSSR count). The molecule has 0 fully saturated rings. The summed E-state index contributed by atoms with van der Waals surface area (Å²) in [5.41, 5.74) is 12.9. The van der Waals surface area contributed by atoms with Crippen molar-refractivity contribution < 1.29 is 0 Å². The van der Waals surface area contributed by atoms with Crippen molar-refractivity contribution in [2.45, 2.75) is 0 Å². The van der Waals surface area contributed by atoms with Crippen molar-refractivity contribution in [2.75, 3.05) is 0 Å². The molecule has 7 aromatic rings. The Morgan fingerprint density at radius 3 is 0.696 bits per heavy atom. The van der Waals surface area contributed by atoms with Gasteiger partial charge in [-0.05, 0) is 198 Å². The number of nitrogens with one attached hydrogen (secondary N) is 2. The molecule has 2 N–H and O–H groups in total. The molecule has 2 aliphatic rings. The number of fused-ring (bicyclic) bond motifs is 8. The summed E-state index contributed by atoms with van der Waals surface area (Å²) in [6.45, 7) is 0. The second-order valence-electron chi connectivity index (χ2n) is 12.3. The van der Waals surface area contributed by atoms with Gasteiger partial charge in [-0.25, -0.2) is 9.97 Å². The van der Waals surface area contributed by atoms with Gasteiger partial charge in [0.25, 0.3) is 0 Å². The molecule has 0 saturated carbocycles. The van der Waals surface area contributed by atoms with E-state index < -0.39 is 0 Å². The minimum atomic E-state index is 0.701. The summed E-state index contributed by atoms with van der Waals surface area (Å²) in [4.78, 5) is 36.0. The Morgan fingerprint density at radius 2 is 0.500 bits per heavy atom. The highest BCUT2D eigenvalue weighted by molar-refractivity contribution is 9.18. The Bertz CT molecular complexity index is 2590. The largest absolute Gasteiger partial charge is 0.352 e. The first-order valence-corrected chi connectivity index (χ1v) is 22.8. The van der Waals surface area contributed by atoms with Gasteiger partial charge >= 0.3 is 0 Å². The Morgan fingerprint density at radius 1 is 0.304 bits per heavy atom. The van der Waals surface area contributed by atoms with Crippen LogP contribution < -0.4 is 0 Å². The highest BCUT2D eigenvalue weighted by Crippen LogP contribution is 2.53. The first-order chi connectivity index (χ1) is 27.2. The highest BCUT2D eigenvalue weighted by atomic mass is 79.9. The fourth-order valence-electron chi connectivity index (χ4n) is 6.77. The fraction of sp³-hybridized carbons (Fsp3) is 0.